The van der Waals surface area contributed by atoms with Crippen molar-refractivity contribution in [1.29, 1.82) is 0 Å². The third kappa shape index (κ3) is 2.09. The average Bonchev–Trinajstić information content (AvgIpc) is 2.69. The summed E-state index contributed by atoms with van der Waals surface area (Å²) >= 11 is 0. The highest BCUT2D eigenvalue weighted by Crippen LogP contribution is 2.25. The van der Waals surface area contributed by atoms with Crippen LogP contribution in [0.3, 0.4) is 0 Å². The maximum atomic E-state index is 13.3. The third-order valence-electron chi connectivity index (χ3n) is 2.39. The highest BCUT2D eigenvalue weighted by Gasteiger charge is 2.07. The first-order chi connectivity index (χ1) is 7.16. The van der Waals surface area contributed by atoms with Crippen LogP contribution in [0.5, 0.6) is 0 Å². The first-order valence-corrected chi connectivity index (χ1v) is 5.01. The minimum atomic E-state index is -0.215. The van der Waals surface area contributed by atoms with Gasteiger partial charge in [0.15, 0.2) is 0 Å². The van der Waals surface area contributed by atoms with Crippen LogP contribution in [0.4, 0.5) is 4.39 Å². The van der Waals surface area contributed by atoms with Crippen molar-refractivity contribution in [3.8, 4) is 11.3 Å². The Labute approximate surface area is 88.5 Å². The predicted molar refractivity (Wildman–Crippen MR) is 58.2 cm³/mol. The van der Waals surface area contributed by atoms with Gasteiger partial charge in [-0.15, -0.1) is 0 Å². The lowest BCUT2D eigenvalue weighted by atomic mass is 10.00. The molecular weight excluding hydrogens is 191 g/mol. The number of benzene rings is 1. The van der Waals surface area contributed by atoms with Gasteiger partial charge in [-0.05, 0) is 41.8 Å². The fourth-order valence-electron chi connectivity index (χ4n) is 1.53. The largest absolute Gasteiger partial charge is 0.464 e. The molecule has 0 aliphatic rings. The van der Waals surface area contributed by atoms with E-state index in [4.69, 9.17) is 4.42 Å². The summed E-state index contributed by atoms with van der Waals surface area (Å²) in [4.78, 5) is 0. The Bertz CT molecular complexity index is 444. The molecule has 2 heteroatoms. The first kappa shape index (κ1) is 9.97. The number of hydrogen-bond donors (Lipinski definition) is 0. The van der Waals surface area contributed by atoms with Crippen LogP contribution in [0.25, 0.3) is 11.3 Å². The van der Waals surface area contributed by atoms with Gasteiger partial charge < -0.3 is 4.42 Å². The summed E-state index contributed by atoms with van der Waals surface area (Å²) in [6.45, 7) is 4.08. The fraction of sp³-hybridized carbons (Fsp3) is 0.231. The molecule has 15 heavy (non-hydrogen) atoms. The summed E-state index contributed by atoms with van der Waals surface area (Å²) in [7, 11) is 0. The minimum absolute atomic E-state index is 0.215. The minimum Gasteiger partial charge on any atom is -0.464 e. The van der Waals surface area contributed by atoms with Gasteiger partial charge in [-0.3, -0.25) is 0 Å². The van der Waals surface area contributed by atoms with Gasteiger partial charge in [0.05, 0.1) is 6.26 Å². The molecule has 0 spiro atoms. The molecule has 0 saturated heterocycles. The van der Waals surface area contributed by atoms with E-state index in [9.17, 15) is 4.39 Å². The Hall–Kier alpha value is -1.57. The van der Waals surface area contributed by atoms with Crippen molar-refractivity contribution in [2.45, 2.75) is 19.8 Å². The Morgan fingerprint density at radius 3 is 2.60 bits per heavy atom. The zero-order chi connectivity index (χ0) is 10.8. The van der Waals surface area contributed by atoms with E-state index in [1.165, 1.54) is 6.07 Å². The summed E-state index contributed by atoms with van der Waals surface area (Å²) < 4.78 is 18.6. The van der Waals surface area contributed by atoms with Crippen molar-refractivity contribution in [3.63, 3.8) is 0 Å². The molecule has 78 valence electrons. The molecule has 0 N–H and O–H groups in total. The Morgan fingerprint density at radius 2 is 2.00 bits per heavy atom. The maximum absolute atomic E-state index is 13.3. The highest BCUT2D eigenvalue weighted by atomic mass is 19.1. The van der Waals surface area contributed by atoms with E-state index in [0.29, 0.717) is 11.7 Å². The van der Waals surface area contributed by atoms with Gasteiger partial charge in [-0.2, -0.15) is 0 Å². The van der Waals surface area contributed by atoms with Crippen molar-refractivity contribution in [2.24, 2.45) is 0 Å². The summed E-state index contributed by atoms with van der Waals surface area (Å²) in [6.07, 6.45) is 1.59. The predicted octanol–water partition coefficient (Wildman–Crippen LogP) is 4.21. The standard InChI is InChI=1S/C13H13FO/c1-9(2)10-6-11(8-12(14)7-10)13-4-3-5-15-13/h3-9H,1-2H3. The van der Waals surface area contributed by atoms with Crippen LogP contribution < -0.4 is 0 Å². The van der Waals surface area contributed by atoms with Crippen molar-refractivity contribution in [1.82, 2.24) is 0 Å². The molecule has 2 rings (SSSR count). The second-order valence-corrected chi connectivity index (χ2v) is 3.91. The van der Waals surface area contributed by atoms with E-state index in [-0.39, 0.29) is 5.82 Å². The van der Waals surface area contributed by atoms with Gasteiger partial charge in [0.25, 0.3) is 0 Å². The first-order valence-electron chi connectivity index (χ1n) is 5.01. The van der Waals surface area contributed by atoms with Crippen LogP contribution in [-0.2, 0) is 0 Å². The monoisotopic (exact) mass is 204 g/mol. The number of halogens is 1. The van der Waals surface area contributed by atoms with Gasteiger partial charge in [-0.25, -0.2) is 4.39 Å². The lowest BCUT2D eigenvalue weighted by molar-refractivity contribution is 0.579. The van der Waals surface area contributed by atoms with Crippen LogP contribution in [0.15, 0.2) is 41.0 Å². The Balaban J connectivity index is 2.49. The normalized spacial score (nSPS) is 10.9. The molecule has 0 radical (unpaired) electrons. The average molecular weight is 204 g/mol. The van der Waals surface area contributed by atoms with Gasteiger partial charge in [0.2, 0.25) is 0 Å². The van der Waals surface area contributed by atoms with Crippen molar-refractivity contribution in [2.75, 3.05) is 0 Å². The molecule has 2 aromatic rings. The molecule has 1 heterocycles. The molecule has 1 aromatic heterocycles. The van der Waals surface area contributed by atoms with Gasteiger partial charge in [-0.1, -0.05) is 13.8 Å². The molecule has 1 aromatic carbocycles. The lowest BCUT2D eigenvalue weighted by Gasteiger charge is -2.07. The number of hydrogen-bond acceptors (Lipinski definition) is 1. The molecule has 0 atom stereocenters. The van der Waals surface area contributed by atoms with Gasteiger partial charge >= 0.3 is 0 Å². The van der Waals surface area contributed by atoms with Crippen LogP contribution in [0.1, 0.15) is 25.3 Å². The fourth-order valence-corrected chi connectivity index (χ4v) is 1.53. The molecule has 0 unspecified atom stereocenters. The maximum Gasteiger partial charge on any atom is 0.133 e. The SMILES string of the molecule is CC(C)c1cc(F)cc(-c2ccco2)c1. The summed E-state index contributed by atoms with van der Waals surface area (Å²) in [5, 5.41) is 0. The van der Waals surface area contributed by atoms with Crippen molar-refractivity contribution >= 4 is 0 Å². The highest BCUT2D eigenvalue weighted by molar-refractivity contribution is 5.58. The van der Waals surface area contributed by atoms with Gasteiger partial charge in [0.1, 0.15) is 11.6 Å². The van der Waals surface area contributed by atoms with Gasteiger partial charge in [0, 0.05) is 5.56 Å². The van der Waals surface area contributed by atoms with E-state index >= 15 is 0 Å². The van der Waals surface area contributed by atoms with E-state index < -0.39 is 0 Å². The van der Waals surface area contributed by atoms with E-state index in [0.717, 1.165) is 11.1 Å². The molecule has 0 saturated carbocycles. The molecule has 1 nitrogen and oxygen atoms in total. The molecule has 0 aliphatic carbocycles. The quantitative estimate of drug-likeness (QED) is 0.714. The zero-order valence-electron chi connectivity index (χ0n) is 8.83. The molecule has 0 aliphatic heterocycles. The van der Waals surface area contributed by atoms with Crippen LogP contribution in [-0.4, -0.2) is 0 Å². The van der Waals surface area contributed by atoms with Crippen LogP contribution in [0, 0.1) is 5.82 Å². The summed E-state index contributed by atoms with van der Waals surface area (Å²) in [5.41, 5.74) is 1.78. The smallest absolute Gasteiger partial charge is 0.133 e. The second-order valence-electron chi connectivity index (χ2n) is 3.91. The lowest BCUT2D eigenvalue weighted by Crippen LogP contribution is -1.90. The van der Waals surface area contributed by atoms with E-state index in [1.54, 1.807) is 18.4 Å². The molecule has 0 bridgehead atoms. The van der Waals surface area contributed by atoms with Crippen LogP contribution in [0.2, 0.25) is 0 Å². The third-order valence-corrected chi connectivity index (χ3v) is 2.39. The summed E-state index contributed by atoms with van der Waals surface area (Å²) in [6, 6.07) is 8.66. The van der Waals surface area contributed by atoms with Crippen molar-refractivity contribution < 1.29 is 8.81 Å². The topological polar surface area (TPSA) is 13.1 Å². The zero-order valence-corrected chi connectivity index (χ0v) is 8.83. The Morgan fingerprint density at radius 1 is 1.20 bits per heavy atom. The second kappa shape index (κ2) is 3.89. The number of furan rings is 1. The molecule has 0 fully saturated rings. The molecular formula is C13H13FO. The Kier molecular flexibility index (Phi) is 2.58. The summed E-state index contributed by atoms with van der Waals surface area (Å²) in [5.74, 6) is 0.804. The number of rotatable bonds is 2. The van der Waals surface area contributed by atoms with E-state index in [2.05, 4.69) is 0 Å². The van der Waals surface area contributed by atoms with Crippen molar-refractivity contribution in [3.05, 3.63) is 48.0 Å². The molecule has 0 amide bonds. The van der Waals surface area contributed by atoms with Crippen LogP contribution >= 0.6 is 0 Å². The van der Waals surface area contributed by atoms with E-state index in [1.807, 2.05) is 26.0 Å².